The van der Waals surface area contributed by atoms with Crippen molar-refractivity contribution in [3.63, 3.8) is 0 Å². The Morgan fingerprint density at radius 3 is 2.38 bits per heavy atom. The lowest BCUT2D eigenvalue weighted by atomic mass is 10.0. The molecule has 16 heavy (non-hydrogen) atoms. The van der Waals surface area contributed by atoms with Gasteiger partial charge in [-0.05, 0) is 25.7 Å². The van der Waals surface area contributed by atoms with Crippen molar-refractivity contribution in [2.24, 2.45) is 5.73 Å². The summed E-state index contributed by atoms with van der Waals surface area (Å²) >= 11 is 0. The number of piperidine rings is 1. The Morgan fingerprint density at radius 1 is 1.19 bits per heavy atom. The molecule has 2 atom stereocenters. The van der Waals surface area contributed by atoms with Gasteiger partial charge in [0.05, 0.1) is 19.3 Å². The summed E-state index contributed by atoms with van der Waals surface area (Å²) < 4.78 is 5.41. The number of nitrogens with two attached hydrogens (primary N) is 1. The van der Waals surface area contributed by atoms with Gasteiger partial charge in [0, 0.05) is 25.2 Å². The molecule has 2 unspecified atom stereocenters. The van der Waals surface area contributed by atoms with Crippen LogP contribution >= 0.6 is 12.4 Å². The van der Waals surface area contributed by atoms with E-state index in [0.29, 0.717) is 25.2 Å². The van der Waals surface area contributed by atoms with Crippen LogP contribution in [-0.4, -0.2) is 54.5 Å². The Morgan fingerprint density at radius 2 is 1.81 bits per heavy atom. The molecule has 0 amide bonds. The summed E-state index contributed by atoms with van der Waals surface area (Å²) in [4.78, 5) is 2.52. The summed E-state index contributed by atoms with van der Waals surface area (Å²) in [6.07, 6.45) is 4.33. The van der Waals surface area contributed by atoms with Gasteiger partial charge in [0.1, 0.15) is 0 Å². The van der Waals surface area contributed by atoms with Gasteiger partial charge in [0.25, 0.3) is 0 Å². The van der Waals surface area contributed by atoms with Crippen molar-refractivity contribution in [2.45, 2.75) is 43.9 Å². The van der Waals surface area contributed by atoms with Gasteiger partial charge in [-0.1, -0.05) is 0 Å². The Kier molecular flexibility index (Phi) is 6.00. The Hall–Kier alpha value is 0.130. The van der Waals surface area contributed by atoms with Gasteiger partial charge in [0.2, 0.25) is 0 Å². The Labute approximate surface area is 104 Å². The molecule has 2 fully saturated rings. The summed E-state index contributed by atoms with van der Waals surface area (Å²) in [6.45, 7) is 3.04. The molecule has 96 valence electrons. The normalized spacial score (nSPS) is 33.8. The second-order valence-electron chi connectivity index (χ2n) is 4.65. The van der Waals surface area contributed by atoms with E-state index in [4.69, 9.17) is 10.5 Å². The summed E-state index contributed by atoms with van der Waals surface area (Å²) in [5, 5.41) is 9.64. The summed E-state index contributed by atoms with van der Waals surface area (Å²) in [5.41, 5.74) is 5.36. The highest BCUT2D eigenvalue weighted by molar-refractivity contribution is 5.85. The number of nitrogens with zero attached hydrogens (tertiary/aromatic N) is 1. The van der Waals surface area contributed by atoms with Crippen LogP contribution in [0.3, 0.4) is 0 Å². The molecule has 2 rings (SSSR count). The molecular weight excluding hydrogens is 228 g/mol. The maximum Gasteiger partial charge on any atom is 0.0594 e. The van der Waals surface area contributed by atoms with Crippen LogP contribution in [0, 0.1) is 0 Å². The average molecular weight is 251 g/mol. The van der Waals surface area contributed by atoms with Crippen LogP contribution in [0.1, 0.15) is 25.7 Å². The van der Waals surface area contributed by atoms with Crippen molar-refractivity contribution >= 4 is 12.4 Å². The second-order valence-corrected chi connectivity index (χ2v) is 4.65. The van der Waals surface area contributed by atoms with Crippen LogP contribution < -0.4 is 5.73 Å². The first kappa shape index (κ1) is 14.2. The summed E-state index contributed by atoms with van der Waals surface area (Å²) in [6, 6.07) is 1.19. The number of hydrogen-bond acceptors (Lipinski definition) is 4. The number of aliphatic hydroxyl groups is 1. The molecule has 0 radical (unpaired) electrons. The van der Waals surface area contributed by atoms with Gasteiger partial charge in [-0.15, -0.1) is 12.4 Å². The van der Waals surface area contributed by atoms with Gasteiger partial charge >= 0.3 is 0 Å². The minimum atomic E-state index is -0.0660. The molecule has 5 heteroatoms. The van der Waals surface area contributed by atoms with E-state index in [1.807, 2.05) is 0 Å². The molecule has 0 saturated carbocycles. The van der Waals surface area contributed by atoms with Crippen LogP contribution in [0.15, 0.2) is 0 Å². The smallest absolute Gasteiger partial charge is 0.0594 e. The number of ether oxygens (including phenoxy) is 1. The van der Waals surface area contributed by atoms with E-state index in [1.54, 1.807) is 0 Å². The van der Waals surface area contributed by atoms with Crippen molar-refractivity contribution in [3.05, 3.63) is 0 Å². The molecular formula is C11H23ClN2O2. The van der Waals surface area contributed by atoms with Gasteiger partial charge in [0.15, 0.2) is 0 Å². The molecule has 2 bridgehead atoms. The zero-order valence-corrected chi connectivity index (χ0v) is 10.5. The van der Waals surface area contributed by atoms with E-state index in [2.05, 4.69) is 4.90 Å². The van der Waals surface area contributed by atoms with E-state index in [1.165, 1.54) is 12.8 Å². The zero-order valence-electron chi connectivity index (χ0n) is 9.68. The molecule has 2 aliphatic rings. The maximum atomic E-state index is 9.64. The van der Waals surface area contributed by atoms with E-state index in [-0.39, 0.29) is 18.5 Å². The highest BCUT2D eigenvalue weighted by Crippen LogP contribution is 2.35. The van der Waals surface area contributed by atoms with Crippen molar-refractivity contribution in [2.75, 3.05) is 26.3 Å². The van der Waals surface area contributed by atoms with Crippen LogP contribution in [0.25, 0.3) is 0 Å². The minimum Gasteiger partial charge on any atom is -0.393 e. The maximum absolute atomic E-state index is 9.64. The summed E-state index contributed by atoms with van der Waals surface area (Å²) in [5.74, 6) is 0. The van der Waals surface area contributed by atoms with E-state index >= 15 is 0 Å². The first-order valence-electron chi connectivity index (χ1n) is 6.03. The summed E-state index contributed by atoms with van der Waals surface area (Å²) in [7, 11) is 0. The molecule has 2 saturated heterocycles. The SMILES string of the molecule is Cl.NCCOCCN1C2CCC1CC(O)C2. The molecule has 2 aliphatic heterocycles. The van der Waals surface area contributed by atoms with Crippen molar-refractivity contribution in [3.8, 4) is 0 Å². The topological polar surface area (TPSA) is 58.7 Å². The lowest BCUT2D eigenvalue weighted by Crippen LogP contribution is -2.46. The van der Waals surface area contributed by atoms with Crippen molar-refractivity contribution < 1.29 is 9.84 Å². The fourth-order valence-electron chi connectivity index (χ4n) is 2.97. The van der Waals surface area contributed by atoms with Crippen LogP contribution in [-0.2, 0) is 4.74 Å². The standard InChI is InChI=1S/C11H22N2O2.ClH/c12-3-5-15-6-4-13-9-1-2-10(13)8-11(14)7-9;/h9-11,14H,1-8,12H2;1H. The predicted octanol–water partition coefficient (Wildman–Crippen LogP) is 0.371. The highest BCUT2D eigenvalue weighted by Gasteiger charge is 2.39. The molecule has 2 heterocycles. The predicted molar refractivity (Wildman–Crippen MR) is 65.9 cm³/mol. The molecule has 0 aromatic carbocycles. The Balaban J connectivity index is 0.00000128. The quantitative estimate of drug-likeness (QED) is 0.693. The number of halogens is 1. The van der Waals surface area contributed by atoms with Crippen LogP contribution in [0.5, 0.6) is 0 Å². The molecule has 0 aromatic rings. The van der Waals surface area contributed by atoms with E-state index in [0.717, 1.165) is 26.0 Å². The largest absolute Gasteiger partial charge is 0.393 e. The third-order valence-corrected chi connectivity index (χ3v) is 3.62. The fraction of sp³-hybridized carbons (Fsp3) is 1.00. The third-order valence-electron chi connectivity index (χ3n) is 3.62. The average Bonchev–Trinajstić information content (AvgIpc) is 2.46. The zero-order chi connectivity index (χ0) is 10.7. The van der Waals surface area contributed by atoms with Gasteiger partial charge in [-0.3, -0.25) is 4.90 Å². The third kappa shape index (κ3) is 3.31. The Bertz CT molecular complexity index is 192. The first-order valence-corrected chi connectivity index (χ1v) is 6.03. The number of fused-ring (bicyclic) bond motifs is 2. The van der Waals surface area contributed by atoms with E-state index < -0.39 is 0 Å². The molecule has 3 N–H and O–H groups in total. The molecule has 0 spiro atoms. The van der Waals surface area contributed by atoms with Crippen molar-refractivity contribution in [1.29, 1.82) is 0 Å². The minimum absolute atomic E-state index is 0. The van der Waals surface area contributed by atoms with E-state index in [9.17, 15) is 5.11 Å². The second kappa shape index (κ2) is 6.77. The van der Waals surface area contributed by atoms with Crippen LogP contribution in [0.2, 0.25) is 0 Å². The number of rotatable bonds is 5. The lowest BCUT2D eigenvalue weighted by Gasteiger charge is -2.36. The van der Waals surface area contributed by atoms with Crippen molar-refractivity contribution in [1.82, 2.24) is 4.90 Å². The van der Waals surface area contributed by atoms with Gasteiger partial charge in [-0.2, -0.15) is 0 Å². The highest BCUT2D eigenvalue weighted by atomic mass is 35.5. The van der Waals surface area contributed by atoms with Gasteiger partial charge in [-0.25, -0.2) is 0 Å². The monoisotopic (exact) mass is 250 g/mol. The lowest BCUT2D eigenvalue weighted by molar-refractivity contribution is 0.0163. The molecule has 4 nitrogen and oxygen atoms in total. The number of aliphatic hydroxyl groups excluding tert-OH is 1. The number of hydrogen-bond donors (Lipinski definition) is 2. The van der Waals surface area contributed by atoms with Gasteiger partial charge < -0.3 is 15.6 Å². The molecule has 0 aromatic heterocycles. The first-order chi connectivity index (χ1) is 7.31. The molecule has 0 aliphatic carbocycles. The fourth-order valence-corrected chi connectivity index (χ4v) is 2.97. The van der Waals surface area contributed by atoms with Crippen LogP contribution in [0.4, 0.5) is 0 Å².